The molecule has 7 nitrogen and oxygen atoms in total. The van der Waals surface area contributed by atoms with Crippen molar-refractivity contribution in [3.8, 4) is 0 Å². The molecule has 0 radical (unpaired) electrons. The van der Waals surface area contributed by atoms with Crippen LogP contribution in [-0.2, 0) is 14.4 Å². The Labute approximate surface area is 123 Å². The molecule has 0 fully saturated rings. The number of halogens is 3. The second-order valence-electron chi connectivity index (χ2n) is 3.24. The predicted molar refractivity (Wildman–Crippen MR) is 70.5 cm³/mol. The van der Waals surface area contributed by atoms with Gasteiger partial charge in [-0.2, -0.15) is 38.4 Å². The molecule has 0 rings (SSSR count). The van der Waals surface area contributed by atoms with Crippen LogP contribution in [0.2, 0.25) is 0 Å². The average Bonchev–Trinajstić information content (AvgIpc) is 2.33. The molecule has 2 atom stereocenters. The first-order chi connectivity index (χ1) is 8.97. The van der Waals surface area contributed by atoms with Crippen LogP contribution in [0.15, 0.2) is 0 Å². The van der Waals surface area contributed by atoms with E-state index < -0.39 is 36.0 Å². The SMILES string of the molecule is NC(=O)[C@H](CS)NC(=O)[C@@H](N)CS.O=C(O)C(F)(F)F. The first-order valence-corrected chi connectivity index (χ1v) is 6.10. The van der Waals surface area contributed by atoms with Crippen molar-refractivity contribution >= 4 is 43.0 Å². The Morgan fingerprint density at radius 2 is 1.60 bits per heavy atom. The molecule has 118 valence electrons. The lowest BCUT2D eigenvalue weighted by molar-refractivity contribution is -0.192. The Morgan fingerprint density at radius 3 is 1.80 bits per heavy atom. The highest BCUT2D eigenvalue weighted by atomic mass is 32.1. The molecule has 0 saturated carbocycles. The second kappa shape index (κ2) is 9.72. The van der Waals surface area contributed by atoms with Crippen LogP contribution < -0.4 is 16.8 Å². The molecule has 0 aliphatic rings. The third kappa shape index (κ3) is 9.75. The number of rotatable bonds is 5. The molecule has 6 N–H and O–H groups in total. The van der Waals surface area contributed by atoms with Gasteiger partial charge in [0.1, 0.15) is 6.04 Å². The van der Waals surface area contributed by atoms with E-state index in [0.29, 0.717) is 0 Å². The number of thiol groups is 2. The molecule has 0 aromatic rings. The summed E-state index contributed by atoms with van der Waals surface area (Å²) in [6.45, 7) is 0. The highest BCUT2D eigenvalue weighted by Crippen LogP contribution is 2.13. The molecule has 12 heteroatoms. The molecule has 2 amide bonds. The maximum atomic E-state index is 11.1. The van der Waals surface area contributed by atoms with Crippen LogP contribution in [-0.4, -0.2) is 52.7 Å². The number of hydrogen-bond donors (Lipinski definition) is 6. The summed E-state index contributed by atoms with van der Waals surface area (Å²) in [5.41, 5.74) is 10.3. The van der Waals surface area contributed by atoms with Gasteiger partial charge in [-0.15, -0.1) is 0 Å². The first kappa shape index (κ1) is 21.2. The van der Waals surface area contributed by atoms with Crippen molar-refractivity contribution in [3.63, 3.8) is 0 Å². The summed E-state index contributed by atoms with van der Waals surface area (Å²) in [6, 6.07) is -1.51. The van der Waals surface area contributed by atoms with Crippen molar-refractivity contribution in [2.75, 3.05) is 11.5 Å². The lowest BCUT2D eigenvalue weighted by Gasteiger charge is -2.15. The lowest BCUT2D eigenvalue weighted by atomic mass is 10.2. The van der Waals surface area contributed by atoms with Crippen LogP contribution in [0.4, 0.5) is 13.2 Å². The summed E-state index contributed by atoms with van der Waals surface area (Å²) in [5.74, 6) is -3.47. The zero-order chi connectivity index (χ0) is 16.5. The molecule has 0 aliphatic heterocycles. The molecule has 0 unspecified atom stereocenters. The molecule has 0 aliphatic carbocycles. The van der Waals surface area contributed by atoms with Gasteiger partial charge in [0.15, 0.2) is 0 Å². The molecule has 0 aromatic heterocycles. The second-order valence-corrected chi connectivity index (χ2v) is 3.97. The fraction of sp³-hybridized carbons (Fsp3) is 0.625. The normalized spacial score (nSPS) is 13.5. The number of carboxylic acid groups (broad SMARTS) is 1. The molecular weight excluding hydrogens is 323 g/mol. The number of nitrogens with one attached hydrogen (secondary N) is 1. The lowest BCUT2D eigenvalue weighted by Crippen LogP contribution is -2.51. The van der Waals surface area contributed by atoms with Crippen molar-refractivity contribution in [2.45, 2.75) is 18.3 Å². The minimum Gasteiger partial charge on any atom is -0.475 e. The zero-order valence-electron chi connectivity index (χ0n) is 9.92. The smallest absolute Gasteiger partial charge is 0.475 e. The number of alkyl halides is 3. The maximum Gasteiger partial charge on any atom is 0.490 e. The van der Waals surface area contributed by atoms with Crippen molar-refractivity contribution < 1.29 is 32.7 Å². The van der Waals surface area contributed by atoms with Crippen LogP contribution in [0, 0.1) is 0 Å². The number of hydrogen-bond acceptors (Lipinski definition) is 6. The Balaban J connectivity index is 0. The van der Waals surface area contributed by atoms with Crippen molar-refractivity contribution in [2.24, 2.45) is 11.5 Å². The number of amides is 2. The number of primary amides is 1. The van der Waals surface area contributed by atoms with Crippen LogP contribution in [0.5, 0.6) is 0 Å². The van der Waals surface area contributed by atoms with E-state index in [-0.39, 0.29) is 11.5 Å². The summed E-state index contributed by atoms with van der Waals surface area (Å²) >= 11 is 7.69. The van der Waals surface area contributed by atoms with Crippen molar-refractivity contribution in [1.29, 1.82) is 0 Å². The van der Waals surface area contributed by atoms with Gasteiger partial charge in [-0.1, -0.05) is 0 Å². The number of carbonyl (C=O) groups excluding carboxylic acids is 2. The number of carboxylic acids is 1. The Hall–Kier alpha value is -1.14. The van der Waals surface area contributed by atoms with E-state index in [1.807, 2.05) is 0 Å². The van der Waals surface area contributed by atoms with E-state index in [1.54, 1.807) is 0 Å². The van der Waals surface area contributed by atoms with Crippen LogP contribution in [0.1, 0.15) is 0 Å². The quantitative estimate of drug-likeness (QED) is 0.349. The van der Waals surface area contributed by atoms with Crippen LogP contribution in [0.3, 0.4) is 0 Å². The third-order valence-corrected chi connectivity index (χ3v) is 2.38. The molecule has 0 saturated heterocycles. The van der Waals surface area contributed by atoms with Crippen molar-refractivity contribution in [1.82, 2.24) is 5.32 Å². The topological polar surface area (TPSA) is 136 Å². The fourth-order valence-electron chi connectivity index (χ4n) is 0.568. The van der Waals surface area contributed by atoms with Gasteiger partial charge in [0.25, 0.3) is 0 Å². The summed E-state index contributed by atoms with van der Waals surface area (Å²) in [5, 5.41) is 9.48. The van der Waals surface area contributed by atoms with E-state index in [9.17, 15) is 22.8 Å². The van der Waals surface area contributed by atoms with E-state index >= 15 is 0 Å². The van der Waals surface area contributed by atoms with E-state index in [4.69, 9.17) is 21.4 Å². The van der Waals surface area contributed by atoms with E-state index in [2.05, 4.69) is 30.6 Å². The van der Waals surface area contributed by atoms with Gasteiger partial charge in [0.2, 0.25) is 11.8 Å². The number of carbonyl (C=O) groups is 3. The highest BCUT2D eigenvalue weighted by Gasteiger charge is 2.38. The summed E-state index contributed by atoms with van der Waals surface area (Å²) < 4.78 is 31.7. The molecule has 0 heterocycles. The van der Waals surface area contributed by atoms with Crippen molar-refractivity contribution in [3.05, 3.63) is 0 Å². The highest BCUT2D eigenvalue weighted by molar-refractivity contribution is 7.80. The molecule has 0 bridgehead atoms. The van der Waals surface area contributed by atoms with Gasteiger partial charge in [-0.3, -0.25) is 9.59 Å². The van der Waals surface area contributed by atoms with Gasteiger partial charge < -0.3 is 21.9 Å². The third-order valence-electron chi connectivity index (χ3n) is 1.62. The van der Waals surface area contributed by atoms with Gasteiger partial charge in [-0.25, -0.2) is 4.79 Å². The predicted octanol–water partition coefficient (Wildman–Crippen LogP) is -1.22. The monoisotopic (exact) mass is 337 g/mol. The standard InChI is InChI=1S/C6H13N3O2S2.C2HF3O2/c7-3(1-12)6(11)9-4(2-13)5(8)10;3-2(4,5)1(6)7/h3-4,12-13H,1-2,7H2,(H2,8,10)(H,9,11);(H,6,7)/t3-,4-;/m0./s1. The van der Waals surface area contributed by atoms with E-state index in [1.165, 1.54) is 0 Å². The molecule has 20 heavy (non-hydrogen) atoms. The summed E-state index contributed by atoms with van der Waals surface area (Å²) in [4.78, 5) is 30.7. The Morgan fingerprint density at radius 1 is 1.20 bits per heavy atom. The Bertz CT molecular complexity index is 354. The summed E-state index contributed by atoms with van der Waals surface area (Å²) in [6.07, 6.45) is -5.08. The molecule has 0 aromatic carbocycles. The van der Waals surface area contributed by atoms with Gasteiger partial charge in [0.05, 0.1) is 6.04 Å². The largest absolute Gasteiger partial charge is 0.490 e. The number of nitrogens with two attached hydrogens (primary N) is 2. The zero-order valence-corrected chi connectivity index (χ0v) is 11.7. The van der Waals surface area contributed by atoms with Gasteiger partial charge >= 0.3 is 12.1 Å². The average molecular weight is 337 g/mol. The minimum atomic E-state index is -5.08. The van der Waals surface area contributed by atoms with Gasteiger partial charge in [-0.05, 0) is 0 Å². The molecule has 0 spiro atoms. The maximum absolute atomic E-state index is 11.1. The van der Waals surface area contributed by atoms with Gasteiger partial charge in [0, 0.05) is 11.5 Å². The summed E-state index contributed by atoms with van der Waals surface area (Å²) in [7, 11) is 0. The fourth-order valence-corrected chi connectivity index (χ4v) is 1.01. The first-order valence-electron chi connectivity index (χ1n) is 4.84. The van der Waals surface area contributed by atoms with Crippen LogP contribution >= 0.6 is 25.3 Å². The minimum absolute atomic E-state index is 0.153. The van der Waals surface area contributed by atoms with Crippen LogP contribution in [0.25, 0.3) is 0 Å². The molecular formula is C8H14F3N3O4S2. The number of aliphatic carboxylic acids is 1. The van der Waals surface area contributed by atoms with E-state index in [0.717, 1.165) is 0 Å². The Kier molecular flexibility index (Phi) is 10.3.